The molecule has 0 aromatic carbocycles. The predicted octanol–water partition coefficient (Wildman–Crippen LogP) is -21.0. The molecule has 0 bridgehead atoms. The summed E-state index contributed by atoms with van der Waals surface area (Å²) in [6.45, 7) is 0. The second-order valence-electron chi connectivity index (χ2n) is 8.71. The standard InChI is InChI=1S/3C8H10O9.4Al/c3*9-5(10)1-3(7(13)14)17-4(8(15)16)2-6(11)12;;;;/h3*3-4H,1-2H2,(H,9,10)(H,11,12)(H,13,14)(H,15,16);;;;/q;;;4*+3/p-12. The van der Waals surface area contributed by atoms with E-state index in [1.165, 1.54) is 0 Å². The van der Waals surface area contributed by atoms with Crippen LogP contribution in [-0.2, 0) is 71.7 Å². The molecule has 0 aliphatic heterocycles. The molecule has 0 aromatic heterocycles. The Bertz CT molecular complexity index is 1080. The van der Waals surface area contributed by atoms with E-state index in [9.17, 15) is 119 Å². The van der Waals surface area contributed by atoms with Gasteiger partial charge in [-0.05, 0) is 0 Å². The summed E-state index contributed by atoms with van der Waals surface area (Å²) in [7, 11) is 0. The minimum absolute atomic E-state index is 0. The van der Waals surface area contributed by atoms with Gasteiger partial charge in [-0.1, -0.05) is 0 Å². The molecule has 55 heavy (non-hydrogen) atoms. The summed E-state index contributed by atoms with van der Waals surface area (Å²) < 4.78 is 12.7. The van der Waals surface area contributed by atoms with Crippen molar-refractivity contribution < 1.29 is 133 Å². The monoisotopic (exact) mass is 846 g/mol. The molecule has 0 saturated heterocycles. The van der Waals surface area contributed by atoms with Gasteiger partial charge in [-0.15, -0.1) is 0 Å². The Hall–Kier alpha value is -4.35. The Morgan fingerprint density at radius 3 is 0.400 bits per heavy atom. The van der Waals surface area contributed by atoms with E-state index in [0.29, 0.717) is 0 Å². The fraction of sp³-hybridized carbons (Fsp3) is 0.500. The van der Waals surface area contributed by atoms with Gasteiger partial charge >= 0.3 is 69.4 Å². The van der Waals surface area contributed by atoms with Crippen molar-refractivity contribution in [3.05, 3.63) is 0 Å². The van der Waals surface area contributed by atoms with Crippen molar-refractivity contribution in [3.63, 3.8) is 0 Å². The summed E-state index contributed by atoms with van der Waals surface area (Å²) in [4.78, 5) is 123. The number of ether oxygens (including phenoxy) is 3. The quantitative estimate of drug-likeness (QED) is 0.0814. The van der Waals surface area contributed by atoms with Crippen LogP contribution in [0.3, 0.4) is 0 Å². The molecule has 0 N–H and O–H groups in total. The zero-order valence-electron chi connectivity index (χ0n) is 27.0. The predicted molar refractivity (Wildman–Crippen MR) is 137 cm³/mol. The first kappa shape index (κ1) is 65.5. The maximum Gasteiger partial charge on any atom is 3.00 e. The summed E-state index contributed by atoms with van der Waals surface area (Å²) in [5, 5.41) is 123. The van der Waals surface area contributed by atoms with Crippen LogP contribution in [-0.4, -0.2) is 178 Å². The van der Waals surface area contributed by atoms with Crippen LogP contribution in [0.25, 0.3) is 0 Å². The number of carboxylic acids is 12. The summed E-state index contributed by atoms with van der Waals surface area (Å²) in [5.74, 6) is -23.1. The van der Waals surface area contributed by atoms with Gasteiger partial charge in [0.15, 0.2) is 0 Å². The van der Waals surface area contributed by atoms with Crippen LogP contribution in [0.15, 0.2) is 0 Å². The largest absolute Gasteiger partial charge is 3.00 e. The molecule has 0 amide bonds. The van der Waals surface area contributed by atoms with Crippen molar-refractivity contribution in [2.24, 2.45) is 0 Å². The fourth-order valence-electron chi connectivity index (χ4n) is 2.63. The zero-order valence-corrected chi connectivity index (χ0v) is 31.7. The third-order valence-corrected chi connectivity index (χ3v) is 4.68. The van der Waals surface area contributed by atoms with Crippen molar-refractivity contribution >= 4 is 141 Å². The van der Waals surface area contributed by atoms with Crippen molar-refractivity contribution in [2.45, 2.75) is 75.1 Å². The maximum atomic E-state index is 10.4. The fourth-order valence-corrected chi connectivity index (χ4v) is 2.63. The third-order valence-electron chi connectivity index (χ3n) is 4.68. The van der Waals surface area contributed by atoms with Gasteiger partial charge in [-0.3, -0.25) is 0 Å². The molecular formula is C24H18Al4O27. The molecule has 0 fully saturated rings. The molecule has 0 heterocycles. The van der Waals surface area contributed by atoms with Gasteiger partial charge in [-0.25, -0.2) is 0 Å². The topological polar surface area (TPSA) is 509 Å². The van der Waals surface area contributed by atoms with E-state index >= 15 is 0 Å². The van der Waals surface area contributed by atoms with E-state index in [1.54, 1.807) is 0 Å². The second-order valence-corrected chi connectivity index (χ2v) is 8.71. The molecule has 27 nitrogen and oxygen atoms in total. The van der Waals surface area contributed by atoms with Crippen molar-refractivity contribution in [1.29, 1.82) is 0 Å². The van der Waals surface area contributed by atoms with Crippen molar-refractivity contribution in [2.75, 3.05) is 0 Å². The second kappa shape index (κ2) is 34.2. The smallest absolute Gasteiger partial charge is 0.550 e. The molecule has 6 atom stereocenters. The van der Waals surface area contributed by atoms with E-state index in [-0.39, 0.29) is 69.4 Å². The number of hydrogen-bond donors (Lipinski definition) is 0. The summed E-state index contributed by atoms with van der Waals surface area (Å²) in [6, 6.07) is 0. The maximum absolute atomic E-state index is 10.4. The van der Waals surface area contributed by atoms with Gasteiger partial charge in [0.2, 0.25) is 0 Å². The van der Waals surface area contributed by atoms with Gasteiger partial charge < -0.3 is 133 Å². The number of carbonyl (C=O) groups is 12. The molecule has 0 spiro atoms. The van der Waals surface area contributed by atoms with Crippen LogP contribution in [0.1, 0.15) is 38.5 Å². The van der Waals surface area contributed by atoms with Gasteiger partial charge in [0.1, 0.15) is 36.6 Å². The summed E-state index contributed by atoms with van der Waals surface area (Å²) in [5.41, 5.74) is 0. The molecular weight excluding hydrogens is 828 g/mol. The van der Waals surface area contributed by atoms with Crippen molar-refractivity contribution in [1.82, 2.24) is 0 Å². The first-order valence-corrected chi connectivity index (χ1v) is 12.6. The van der Waals surface area contributed by atoms with Gasteiger partial charge in [0.25, 0.3) is 0 Å². The average molecular weight is 846 g/mol. The minimum atomic E-state index is -2.15. The number of carboxylic acid groups (broad SMARTS) is 12. The molecule has 0 saturated carbocycles. The Morgan fingerprint density at radius 2 is 0.345 bits per heavy atom. The van der Waals surface area contributed by atoms with Crippen LogP contribution < -0.4 is 61.3 Å². The molecule has 31 heteroatoms. The minimum Gasteiger partial charge on any atom is -0.550 e. The van der Waals surface area contributed by atoms with Crippen LogP contribution in [0.2, 0.25) is 0 Å². The molecule has 0 aliphatic carbocycles. The molecule has 0 aromatic rings. The van der Waals surface area contributed by atoms with E-state index in [2.05, 4.69) is 14.2 Å². The first-order chi connectivity index (χ1) is 23.2. The molecule has 0 rings (SSSR count). The number of hydrogen-bond acceptors (Lipinski definition) is 27. The average Bonchev–Trinajstić information content (AvgIpc) is 2.93. The Labute approximate surface area is 347 Å². The van der Waals surface area contributed by atoms with Gasteiger partial charge in [-0.2, -0.15) is 0 Å². The molecule has 0 aliphatic rings. The Balaban J connectivity index is -0.000000121. The third kappa shape index (κ3) is 36.4. The summed E-state index contributed by atoms with van der Waals surface area (Å²) >= 11 is 0. The first-order valence-electron chi connectivity index (χ1n) is 12.6. The zero-order chi connectivity index (χ0) is 40.8. The van der Waals surface area contributed by atoms with E-state index in [1.807, 2.05) is 0 Å². The number of carbonyl (C=O) groups excluding carboxylic acids is 12. The number of aliphatic carboxylic acids is 12. The van der Waals surface area contributed by atoms with Crippen molar-refractivity contribution in [3.8, 4) is 0 Å². The normalized spacial score (nSPS) is 12.7. The Kier molecular flexibility index (Phi) is 40.7. The molecule has 0 radical (unpaired) electrons. The SMILES string of the molecule is O=C([O-])CC(OC(CC(=O)[O-])C(=O)[O-])C(=O)[O-].O=C([O-])CC(OC(CC(=O)[O-])C(=O)[O-])C(=O)[O-].O=C([O-])CC(OC(CC(=O)[O-])C(=O)[O-])C(=O)[O-].[Al+3].[Al+3].[Al+3].[Al+3]. The van der Waals surface area contributed by atoms with E-state index in [4.69, 9.17) is 0 Å². The van der Waals surface area contributed by atoms with Crippen LogP contribution in [0.5, 0.6) is 0 Å². The van der Waals surface area contributed by atoms with Gasteiger partial charge in [0.05, 0.1) is 35.8 Å². The number of rotatable bonds is 24. The molecule has 6 unspecified atom stereocenters. The Morgan fingerprint density at radius 1 is 0.255 bits per heavy atom. The van der Waals surface area contributed by atoms with Crippen LogP contribution in [0, 0.1) is 0 Å². The van der Waals surface area contributed by atoms with Crippen LogP contribution in [0.4, 0.5) is 0 Å². The summed E-state index contributed by atoms with van der Waals surface area (Å²) in [6.07, 6.45) is -20.0. The van der Waals surface area contributed by atoms with Crippen LogP contribution >= 0.6 is 0 Å². The molecule has 288 valence electrons. The van der Waals surface area contributed by atoms with E-state index in [0.717, 1.165) is 0 Å². The van der Waals surface area contributed by atoms with E-state index < -0.39 is 147 Å². The van der Waals surface area contributed by atoms with Gasteiger partial charge in [0, 0.05) is 74.3 Å².